The van der Waals surface area contributed by atoms with E-state index in [0.717, 1.165) is 10.1 Å². The molecule has 2 aromatic carbocycles. The molecule has 0 saturated carbocycles. The second-order valence-electron chi connectivity index (χ2n) is 7.09. The first-order valence-electron chi connectivity index (χ1n) is 10.1. The third kappa shape index (κ3) is 3.96. The highest BCUT2D eigenvalue weighted by atomic mass is 35.5. The van der Waals surface area contributed by atoms with E-state index in [1.54, 1.807) is 35.7 Å². The van der Waals surface area contributed by atoms with Crippen molar-refractivity contribution in [2.45, 2.75) is 13.5 Å². The van der Waals surface area contributed by atoms with Crippen molar-refractivity contribution in [2.75, 3.05) is 6.61 Å². The minimum Gasteiger partial charge on any atom is -0.494 e. The molecule has 5 rings (SSSR count). The van der Waals surface area contributed by atoms with Gasteiger partial charge in [-0.1, -0.05) is 28.9 Å². The maximum absolute atomic E-state index is 13.4. The maximum Gasteiger partial charge on any atom is 0.336 e. The Morgan fingerprint density at radius 3 is 2.73 bits per heavy atom. The van der Waals surface area contributed by atoms with Crippen LogP contribution in [0.1, 0.15) is 12.8 Å². The fourth-order valence-corrected chi connectivity index (χ4v) is 4.47. The number of thiophene rings is 1. The Bertz CT molecular complexity index is 1570. The second kappa shape index (κ2) is 8.68. The molecule has 0 aliphatic heterocycles. The van der Waals surface area contributed by atoms with E-state index in [0.29, 0.717) is 39.1 Å². The topological polar surface area (TPSA) is 92.2 Å². The highest BCUT2D eigenvalue weighted by Crippen LogP contribution is 2.23. The van der Waals surface area contributed by atoms with Crippen molar-refractivity contribution < 1.29 is 9.26 Å². The van der Waals surface area contributed by atoms with Gasteiger partial charge in [0.2, 0.25) is 11.7 Å². The molecule has 0 amide bonds. The summed E-state index contributed by atoms with van der Waals surface area (Å²) in [5.41, 5.74) is 0.777. The van der Waals surface area contributed by atoms with Gasteiger partial charge in [0.25, 0.3) is 5.56 Å². The van der Waals surface area contributed by atoms with Gasteiger partial charge in [-0.05, 0) is 54.8 Å². The van der Waals surface area contributed by atoms with Crippen molar-refractivity contribution in [3.63, 3.8) is 0 Å². The summed E-state index contributed by atoms with van der Waals surface area (Å²) in [6.45, 7) is 2.47. The van der Waals surface area contributed by atoms with Crippen LogP contribution in [0, 0.1) is 0 Å². The molecule has 0 saturated heterocycles. The maximum atomic E-state index is 13.4. The van der Waals surface area contributed by atoms with Crippen molar-refractivity contribution in [3.8, 4) is 22.8 Å². The first-order valence-corrected chi connectivity index (χ1v) is 11.4. The normalized spacial score (nSPS) is 11.2. The van der Waals surface area contributed by atoms with Gasteiger partial charge < -0.3 is 9.26 Å². The smallest absolute Gasteiger partial charge is 0.336 e. The predicted octanol–water partition coefficient (Wildman–Crippen LogP) is 4.36. The zero-order valence-corrected chi connectivity index (χ0v) is 19.0. The minimum atomic E-state index is -0.508. The summed E-state index contributed by atoms with van der Waals surface area (Å²) in [6, 6.07) is 15.6. The third-order valence-electron chi connectivity index (χ3n) is 5.00. The van der Waals surface area contributed by atoms with Crippen LogP contribution in [0.3, 0.4) is 0 Å². The number of ether oxygens (including phenoxy) is 1. The van der Waals surface area contributed by atoms with E-state index in [1.807, 2.05) is 31.2 Å². The quantitative estimate of drug-likeness (QED) is 0.358. The van der Waals surface area contributed by atoms with Gasteiger partial charge in [-0.15, -0.1) is 11.3 Å². The molecule has 166 valence electrons. The number of aromatic nitrogens is 4. The van der Waals surface area contributed by atoms with Gasteiger partial charge >= 0.3 is 5.69 Å². The van der Waals surface area contributed by atoms with E-state index in [-0.39, 0.29) is 18.0 Å². The van der Waals surface area contributed by atoms with E-state index in [9.17, 15) is 9.59 Å². The monoisotopic (exact) mass is 480 g/mol. The number of benzene rings is 2. The minimum absolute atomic E-state index is 0.0120. The molecule has 0 bridgehead atoms. The van der Waals surface area contributed by atoms with Crippen LogP contribution < -0.4 is 16.0 Å². The van der Waals surface area contributed by atoms with E-state index < -0.39 is 5.69 Å². The zero-order chi connectivity index (χ0) is 22.9. The molecule has 3 aromatic heterocycles. The first kappa shape index (κ1) is 21.2. The van der Waals surface area contributed by atoms with Crippen molar-refractivity contribution in [2.24, 2.45) is 0 Å². The molecule has 0 radical (unpaired) electrons. The van der Waals surface area contributed by atoms with Crippen LogP contribution in [0.4, 0.5) is 0 Å². The highest BCUT2D eigenvalue weighted by molar-refractivity contribution is 7.17. The average molecular weight is 481 g/mol. The van der Waals surface area contributed by atoms with Gasteiger partial charge in [-0.3, -0.25) is 9.36 Å². The average Bonchev–Trinajstić information content (AvgIpc) is 3.49. The Labute approximate surface area is 196 Å². The third-order valence-corrected chi connectivity index (χ3v) is 6.15. The van der Waals surface area contributed by atoms with E-state index in [1.165, 1.54) is 15.9 Å². The van der Waals surface area contributed by atoms with Gasteiger partial charge in [0.05, 0.1) is 17.8 Å². The summed E-state index contributed by atoms with van der Waals surface area (Å²) in [6.07, 6.45) is 0. The second-order valence-corrected chi connectivity index (χ2v) is 8.45. The molecule has 0 spiro atoms. The summed E-state index contributed by atoms with van der Waals surface area (Å²) >= 11 is 7.24. The lowest BCUT2D eigenvalue weighted by Gasteiger charge is -2.10. The molecule has 10 heteroatoms. The van der Waals surface area contributed by atoms with Gasteiger partial charge in [-0.25, -0.2) is 9.36 Å². The number of hydrogen-bond donors (Lipinski definition) is 0. The molecule has 3 heterocycles. The van der Waals surface area contributed by atoms with Crippen molar-refractivity contribution in [1.29, 1.82) is 0 Å². The van der Waals surface area contributed by atoms with Gasteiger partial charge in [-0.2, -0.15) is 4.98 Å². The van der Waals surface area contributed by atoms with Crippen LogP contribution in [0.5, 0.6) is 5.75 Å². The Morgan fingerprint density at radius 1 is 1.12 bits per heavy atom. The Morgan fingerprint density at radius 2 is 1.94 bits per heavy atom. The summed E-state index contributed by atoms with van der Waals surface area (Å²) in [5.74, 6) is 1.32. The largest absolute Gasteiger partial charge is 0.494 e. The summed E-state index contributed by atoms with van der Waals surface area (Å²) in [5, 5.41) is 6.33. The molecular weight excluding hydrogens is 464 g/mol. The number of fused-ring (bicyclic) bond motifs is 1. The van der Waals surface area contributed by atoms with Crippen LogP contribution in [0.25, 0.3) is 27.3 Å². The molecule has 0 aliphatic carbocycles. The van der Waals surface area contributed by atoms with Crippen molar-refractivity contribution in [3.05, 3.63) is 91.7 Å². The molecule has 5 aromatic rings. The van der Waals surface area contributed by atoms with E-state index in [2.05, 4.69) is 10.1 Å². The van der Waals surface area contributed by atoms with Crippen LogP contribution in [0.15, 0.2) is 74.1 Å². The van der Waals surface area contributed by atoms with Crippen LogP contribution >= 0.6 is 22.9 Å². The van der Waals surface area contributed by atoms with Gasteiger partial charge in [0, 0.05) is 10.6 Å². The van der Waals surface area contributed by atoms with Crippen molar-refractivity contribution in [1.82, 2.24) is 19.3 Å². The SMILES string of the molecule is CCOc1cccc(-c2noc(Cn3c(=O)n(-c4ccc(Cl)cc4)c(=O)c4sccc43)n2)c1. The Hall–Kier alpha value is -3.69. The number of nitrogens with zero attached hydrogens (tertiary/aromatic N) is 4. The van der Waals surface area contributed by atoms with Gasteiger partial charge in [0.15, 0.2) is 0 Å². The molecule has 0 fully saturated rings. The molecule has 0 unspecified atom stereocenters. The predicted molar refractivity (Wildman–Crippen MR) is 127 cm³/mol. The number of halogens is 1. The van der Waals surface area contributed by atoms with E-state index in [4.69, 9.17) is 20.9 Å². The summed E-state index contributed by atoms with van der Waals surface area (Å²) in [4.78, 5) is 30.9. The fraction of sp³-hybridized carbons (Fsp3) is 0.130. The Kier molecular flexibility index (Phi) is 5.57. The lowest BCUT2D eigenvalue weighted by molar-refractivity contribution is 0.340. The summed E-state index contributed by atoms with van der Waals surface area (Å²) in [7, 11) is 0. The summed E-state index contributed by atoms with van der Waals surface area (Å²) < 4.78 is 14.0. The molecule has 0 atom stereocenters. The zero-order valence-electron chi connectivity index (χ0n) is 17.4. The fourth-order valence-electron chi connectivity index (χ4n) is 3.52. The Balaban J connectivity index is 1.57. The molecule has 0 aliphatic rings. The van der Waals surface area contributed by atoms with Crippen LogP contribution in [-0.4, -0.2) is 25.9 Å². The molecule has 33 heavy (non-hydrogen) atoms. The van der Waals surface area contributed by atoms with Crippen molar-refractivity contribution >= 4 is 33.2 Å². The van der Waals surface area contributed by atoms with Crippen LogP contribution in [-0.2, 0) is 6.54 Å². The first-order chi connectivity index (χ1) is 16.0. The lowest BCUT2D eigenvalue weighted by atomic mass is 10.2. The molecular formula is C23H17ClN4O4S. The standard InChI is InChI=1S/C23H17ClN4O4S/c1-2-31-17-5-3-4-14(12-17)21-25-19(32-26-21)13-27-18-10-11-33-20(18)22(29)28(23(27)30)16-8-6-15(24)7-9-16/h3-12H,2,13H2,1H3. The lowest BCUT2D eigenvalue weighted by Crippen LogP contribution is -2.38. The molecule has 8 nitrogen and oxygen atoms in total. The van der Waals surface area contributed by atoms with Gasteiger partial charge in [0.1, 0.15) is 17.0 Å². The molecule has 0 N–H and O–H groups in total. The highest BCUT2D eigenvalue weighted by Gasteiger charge is 2.18. The van der Waals surface area contributed by atoms with Crippen LogP contribution in [0.2, 0.25) is 5.02 Å². The number of rotatable bonds is 6. The number of hydrogen-bond acceptors (Lipinski definition) is 7. The van der Waals surface area contributed by atoms with E-state index >= 15 is 0 Å².